The molecule has 0 aliphatic carbocycles. The summed E-state index contributed by atoms with van der Waals surface area (Å²) < 4.78 is 0. The van der Waals surface area contributed by atoms with E-state index in [-0.39, 0.29) is 5.91 Å². The van der Waals surface area contributed by atoms with E-state index in [9.17, 15) is 14.7 Å². The Morgan fingerprint density at radius 1 is 1.10 bits per heavy atom. The van der Waals surface area contributed by atoms with Gasteiger partial charge in [0.15, 0.2) is 0 Å². The summed E-state index contributed by atoms with van der Waals surface area (Å²) in [5.41, 5.74) is 0.725. The van der Waals surface area contributed by atoms with Crippen molar-refractivity contribution in [3.05, 3.63) is 48.0 Å². The Bertz CT molecular complexity index is 650. The molecule has 5 nitrogen and oxygen atoms in total. The van der Waals surface area contributed by atoms with Crippen molar-refractivity contribution in [3.8, 4) is 0 Å². The molecule has 1 amide bonds. The minimum absolute atomic E-state index is 0.131. The smallest absolute Gasteiger partial charge is 0.325 e. The molecule has 0 heterocycles. The van der Waals surface area contributed by atoms with Crippen LogP contribution in [0.4, 0.5) is 0 Å². The van der Waals surface area contributed by atoms with Crippen LogP contribution in [0, 0.1) is 0 Å². The van der Waals surface area contributed by atoms with E-state index in [2.05, 4.69) is 10.6 Å². The molecule has 0 saturated heterocycles. The van der Waals surface area contributed by atoms with Crippen LogP contribution in [0.5, 0.6) is 0 Å². The van der Waals surface area contributed by atoms with Crippen LogP contribution in [0.1, 0.15) is 18.5 Å². The fourth-order valence-corrected chi connectivity index (χ4v) is 2.29. The van der Waals surface area contributed by atoms with Crippen molar-refractivity contribution in [2.75, 3.05) is 13.1 Å². The molecule has 1 unspecified atom stereocenters. The third-order valence-electron chi connectivity index (χ3n) is 3.23. The number of carbonyl (C=O) groups excluding carboxylic acids is 1. The number of carboxylic acid groups (broad SMARTS) is 1. The molecule has 0 bridgehead atoms. The number of fused-ring (bicyclic) bond motifs is 1. The Morgan fingerprint density at radius 3 is 2.52 bits per heavy atom. The van der Waals surface area contributed by atoms with E-state index in [1.54, 1.807) is 0 Å². The van der Waals surface area contributed by atoms with E-state index >= 15 is 0 Å². The normalized spacial score (nSPS) is 12.0. The molecule has 0 aliphatic rings. The van der Waals surface area contributed by atoms with Gasteiger partial charge in [0.1, 0.15) is 6.04 Å². The number of benzene rings is 2. The summed E-state index contributed by atoms with van der Waals surface area (Å²) in [6.45, 7) is 2.21. The summed E-state index contributed by atoms with van der Waals surface area (Å²) in [5.74, 6) is -1.07. The van der Waals surface area contributed by atoms with Gasteiger partial charge in [-0.25, -0.2) is 0 Å². The fraction of sp³-hybridized carbons (Fsp3) is 0.250. The first-order valence-corrected chi connectivity index (χ1v) is 6.78. The topological polar surface area (TPSA) is 78.4 Å². The summed E-state index contributed by atoms with van der Waals surface area (Å²) in [4.78, 5) is 22.3. The number of carbonyl (C=O) groups is 2. The second-order valence-electron chi connectivity index (χ2n) is 4.78. The molecule has 3 N–H and O–H groups in total. The lowest BCUT2D eigenvalue weighted by molar-refractivity contribution is -0.139. The van der Waals surface area contributed by atoms with Crippen molar-refractivity contribution >= 4 is 22.6 Å². The zero-order valence-electron chi connectivity index (χ0n) is 11.8. The van der Waals surface area contributed by atoms with Gasteiger partial charge in [-0.1, -0.05) is 42.5 Å². The predicted octanol–water partition coefficient (Wildman–Crippen LogP) is 1.69. The molecule has 0 saturated carbocycles. The number of amides is 1. The van der Waals surface area contributed by atoms with Crippen molar-refractivity contribution < 1.29 is 14.7 Å². The maximum Gasteiger partial charge on any atom is 0.325 e. The number of hydrogen-bond acceptors (Lipinski definition) is 3. The van der Waals surface area contributed by atoms with Crippen LogP contribution < -0.4 is 10.6 Å². The number of rotatable bonds is 6. The standard InChI is InChI=1S/C16H18N2O3/c1-11(19)17-9-10-18-15(16(20)21)14-8-4-6-12-5-2-3-7-13(12)14/h2-8,15,18H,9-10H2,1H3,(H,17,19)(H,20,21). The molecule has 0 aromatic heterocycles. The van der Waals surface area contributed by atoms with Crippen LogP contribution >= 0.6 is 0 Å². The van der Waals surface area contributed by atoms with E-state index in [0.717, 1.165) is 16.3 Å². The third-order valence-corrected chi connectivity index (χ3v) is 3.23. The van der Waals surface area contributed by atoms with Crippen molar-refractivity contribution in [1.29, 1.82) is 0 Å². The van der Waals surface area contributed by atoms with Gasteiger partial charge >= 0.3 is 5.97 Å². The van der Waals surface area contributed by atoms with Crippen LogP contribution in [-0.2, 0) is 9.59 Å². The summed E-state index contributed by atoms with van der Waals surface area (Å²) in [5, 5.41) is 17.0. The molecular weight excluding hydrogens is 268 g/mol. The van der Waals surface area contributed by atoms with E-state index in [1.165, 1.54) is 6.92 Å². The number of aliphatic carboxylic acids is 1. The first-order valence-electron chi connectivity index (χ1n) is 6.78. The molecule has 21 heavy (non-hydrogen) atoms. The lowest BCUT2D eigenvalue weighted by Gasteiger charge is -2.17. The highest BCUT2D eigenvalue weighted by atomic mass is 16.4. The molecule has 0 fully saturated rings. The Labute approximate surface area is 123 Å². The fourth-order valence-electron chi connectivity index (χ4n) is 2.29. The van der Waals surface area contributed by atoms with Crippen LogP contribution in [0.15, 0.2) is 42.5 Å². The highest BCUT2D eigenvalue weighted by Gasteiger charge is 2.20. The Hall–Kier alpha value is -2.40. The third kappa shape index (κ3) is 3.79. The van der Waals surface area contributed by atoms with E-state index in [4.69, 9.17) is 0 Å². The molecule has 0 spiro atoms. The van der Waals surface area contributed by atoms with Gasteiger partial charge in [0.05, 0.1) is 0 Å². The second kappa shape index (κ2) is 6.85. The maximum atomic E-state index is 11.5. The van der Waals surface area contributed by atoms with Gasteiger partial charge in [0.2, 0.25) is 5.91 Å². The largest absolute Gasteiger partial charge is 0.480 e. The minimum atomic E-state index is -0.936. The molecule has 110 valence electrons. The van der Waals surface area contributed by atoms with Crippen molar-refractivity contribution in [1.82, 2.24) is 10.6 Å². The molecule has 2 rings (SSSR count). The first kappa shape index (κ1) is 15.0. The predicted molar refractivity (Wildman–Crippen MR) is 81.0 cm³/mol. The summed E-state index contributed by atoms with van der Waals surface area (Å²) >= 11 is 0. The maximum absolute atomic E-state index is 11.5. The van der Waals surface area contributed by atoms with Gasteiger partial charge in [0, 0.05) is 20.0 Å². The average Bonchev–Trinajstić information content (AvgIpc) is 2.46. The molecule has 1 atom stereocenters. The van der Waals surface area contributed by atoms with Gasteiger partial charge < -0.3 is 10.4 Å². The molecule has 2 aromatic carbocycles. The van der Waals surface area contributed by atoms with Gasteiger partial charge in [-0.05, 0) is 16.3 Å². The van der Waals surface area contributed by atoms with Crippen molar-refractivity contribution in [2.24, 2.45) is 0 Å². The van der Waals surface area contributed by atoms with E-state index in [0.29, 0.717) is 13.1 Å². The van der Waals surface area contributed by atoms with Crippen LogP contribution in [0.2, 0.25) is 0 Å². The Kier molecular flexibility index (Phi) is 4.90. The zero-order chi connectivity index (χ0) is 15.2. The van der Waals surface area contributed by atoms with Gasteiger partial charge in [-0.3, -0.25) is 14.9 Å². The second-order valence-corrected chi connectivity index (χ2v) is 4.78. The number of carboxylic acids is 1. The first-order chi connectivity index (χ1) is 10.1. The minimum Gasteiger partial charge on any atom is -0.480 e. The molecule has 2 aromatic rings. The lowest BCUT2D eigenvalue weighted by Crippen LogP contribution is -2.35. The highest BCUT2D eigenvalue weighted by molar-refractivity contribution is 5.90. The van der Waals surface area contributed by atoms with Gasteiger partial charge in [0.25, 0.3) is 0 Å². The average molecular weight is 286 g/mol. The molecule has 0 aliphatic heterocycles. The monoisotopic (exact) mass is 286 g/mol. The summed E-state index contributed by atoms with van der Waals surface area (Å²) in [6.07, 6.45) is 0. The number of hydrogen-bond donors (Lipinski definition) is 3. The zero-order valence-corrected chi connectivity index (χ0v) is 11.8. The molecule has 0 radical (unpaired) electrons. The SMILES string of the molecule is CC(=O)NCCNC(C(=O)O)c1cccc2ccccc12. The Balaban J connectivity index is 2.20. The van der Waals surface area contributed by atoms with Crippen LogP contribution in [0.25, 0.3) is 10.8 Å². The van der Waals surface area contributed by atoms with Gasteiger partial charge in [-0.2, -0.15) is 0 Å². The molecular formula is C16H18N2O3. The van der Waals surface area contributed by atoms with E-state index < -0.39 is 12.0 Å². The van der Waals surface area contributed by atoms with Gasteiger partial charge in [-0.15, -0.1) is 0 Å². The highest BCUT2D eigenvalue weighted by Crippen LogP contribution is 2.24. The van der Waals surface area contributed by atoms with Crippen LogP contribution in [-0.4, -0.2) is 30.1 Å². The van der Waals surface area contributed by atoms with E-state index in [1.807, 2.05) is 42.5 Å². The summed E-state index contributed by atoms with van der Waals surface area (Å²) in [7, 11) is 0. The number of nitrogens with one attached hydrogen (secondary N) is 2. The Morgan fingerprint density at radius 2 is 1.81 bits per heavy atom. The molecule has 5 heteroatoms. The lowest BCUT2D eigenvalue weighted by atomic mass is 9.99. The van der Waals surface area contributed by atoms with Crippen molar-refractivity contribution in [2.45, 2.75) is 13.0 Å². The van der Waals surface area contributed by atoms with Crippen molar-refractivity contribution in [3.63, 3.8) is 0 Å². The van der Waals surface area contributed by atoms with Crippen LogP contribution in [0.3, 0.4) is 0 Å². The summed E-state index contributed by atoms with van der Waals surface area (Å²) in [6, 6.07) is 12.5. The quantitative estimate of drug-likeness (QED) is 0.706.